The van der Waals surface area contributed by atoms with E-state index in [-0.39, 0.29) is 11.1 Å². The molecule has 2 heterocycles. The number of H-pyrrole nitrogens is 1. The summed E-state index contributed by atoms with van der Waals surface area (Å²) < 4.78 is 6.44. The highest BCUT2D eigenvalue weighted by Crippen LogP contribution is 2.07. The van der Waals surface area contributed by atoms with Crippen LogP contribution in [-0.2, 0) is 0 Å². The third kappa shape index (κ3) is 2.98. The Morgan fingerprint density at radius 3 is 2.83 bits per heavy atom. The number of hydrogen-bond acceptors (Lipinski definition) is 3. The molecule has 6 heteroatoms. The third-order valence-corrected chi connectivity index (χ3v) is 3.42. The second-order valence-corrected chi connectivity index (χ2v) is 5.04. The van der Waals surface area contributed by atoms with Crippen LogP contribution in [0.5, 0.6) is 0 Å². The number of nitrogens with one attached hydrogen (secondary N) is 1. The maximum Gasteiger partial charge on any atom is 0.335 e. The van der Waals surface area contributed by atoms with Gasteiger partial charge in [0, 0.05) is 0 Å². The third-order valence-electron chi connectivity index (χ3n) is 3.42. The van der Waals surface area contributed by atoms with Gasteiger partial charge in [0.25, 0.3) is 5.56 Å². The lowest BCUT2D eigenvalue weighted by molar-refractivity contribution is 0.0697. The minimum Gasteiger partial charge on any atom is -0.478 e. The second-order valence-electron chi connectivity index (χ2n) is 5.04. The second kappa shape index (κ2) is 6.29. The fourth-order valence-electron chi connectivity index (χ4n) is 2.25. The Bertz CT molecular complexity index is 1070. The average molecular weight is 322 g/mol. The van der Waals surface area contributed by atoms with Gasteiger partial charge in [0.05, 0.1) is 28.1 Å². The molecule has 0 saturated carbocycles. The van der Waals surface area contributed by atoms with E-state index in [9.17, 15) is 9.59 Å². The van der Waals surface area contributed by atoms with Crippen molar-refractivity contribution < 1.29 is 14.3 Å². The molecule has 0 amide bonds. The Balaban J connectivity index is 2.04. The van der Waals surface area contributed by atoms with Crippen molar-refractivity contribution >= 4 is 24.7 Å². The Morgan fingerprint density at radius 2 is 2.12 bits per heavy atom. The molecule has 2 aromatic heterocycles. The summed E-state index contributed by atoms with van der Waals surface area (Å²) in [5.41, 5.74) is 0.217. The van der Waals surface area contributed by atoms with Crippen LogP contribution in [0.4, 0.5) is 0 Å². The lowest BCUT2D eigenvalue weighted by Crippen LogP contribution is -2.33. The number of carboxylic acid groups (broad SMARTS) is 1. The SMILES string of the molecule is C=c1[nH]n(-c2cccc(C(=O)O)c2)c(=O)/c1=C\C=Cc1ccco1. The van der Waals surface area contributed by atoms with E-state index in [0.29, 0.717) is 22.0 Å². The molecular weight excluding hydrogens is 308 g/mol. The van der Waals surface area contributed by atoms with Crippen molar-refractivity contribution in [1.82, 2.24) is 9.78 Å². The van der Waals surface area contributed by atoms with Gasteiger partial charge in [0.15, 0.2) is 0 Å². The van der Waals surface area contributed by atoms with Crippen LogP contribution in [0.3, 0.4) is 0 Å². The van der Waals surface area contributed by atoms with Gasteiger partial charge in [-0.2, -0.15) is 0 Å². The smallest absolute Gasteiger partial charge is 0.335 e. The summed E-state index contributed by atoms with van der Waals surface area (Å²) >= 11 is 0. The van der Waals surface area contributed by atoms with E-state index in [1.165, 1.54) is 16.8 Å². The molecule has 0 aliphatic heterocycles. The van der Waals surface area contributed by atoms with E-state index in [4.69, 9.17) is 9.52 Å². The highest BCUT2D eigenvalue weighted by molar-refractivity contribution is 5.88. The van der Waals surface area contributed by atoms with Crippen molar-refractivity contribution in [2.45, 2.75) is 0 Å². The van der Waals surface area contributed by atoms with Crippen molar-refractivity contribution in [1.29, 1.82) is 0 Å². The number of aromatic nitrogens is 2. The fourth-order valence-corrected chi connectivity index (χ4v) is 2.25. The first-order chi connectivity index (χ1) is 11.6. The summed E-state index contributed by atoms with van der Waals surface area (Å²) in [6.07, 6.45) is 6.60. The summed E-state index contributed by atoms with van der Waals surface area (Å²) in [6.45, 7) is 3.82. The molecule has 0 bridgehead atoms. The van der Waals surface area contributed by atoms with Gasteiger partial charge in [-0.15, -0.1) is 0 Å². The molecule has 1 aromatic carbocycles. The van der Waals surface area contributed by atoms with Crippen LogP contribution in [0.25, 0.3) is 24.4 Å². The molecule has 0 fully saturated rings. The van der Waals surface area contributed by atoms with Crippen molar-refractivity contribution in [3.63, 3.8) is 0 Å². The molecule has 0 radical (unpaired) electrons. The Hall–Kier alpha value is -3.54. The first-order valence-electron chi connectivity index (χ1n) is 7.12. The molecule has 0 aliphatic carbocycles. The van der Waals surface area contributed by atoms with Crippen LogP contribution in [0.1, 0.15) is 16.1 Å². The molecule has 0 atom stereocenters. The molecule has 0 spiro atoms. The zero-order valence-electron chi connectivity index (χ0n) is 12.6. The summed E-state index contributed by atoms with van der Waals surface area (Å²) in [5, 5.41) is 12.7. The first kappa shape index (κ1) is 15.4. The number of furan rings is 1. The predicted molar refractivity (Wildman–Crippen MR) is 90.3 cm³/mol. The number of aromatic amines is 1. The lowest BCUT2D eigenvalue weighted by atomic mass is 10.2. The van der Waals surface area contributed by atoms with E-state index < -0.39 is 5.97 Å². The van der Waals surface area contributed by atoms with Crippen molar-refractivity contribution in [3.8, 4) is 5.69 Å². The molecule has 0 aliphatic rings. The van der Waals surface area contributed by atoms with Crippen LogP contribution in [-0.4, -0.2) is 20.9 Å². The van der Waals surface area contributed by atoms with Gasteiger partial charge in [-0.05, 0) is 42.5 Å². The highest BCUT2D eigenvalue weighted by Gasteiger charge is 2.07. The minimum absolute atomic E-state index is 0.0999. The van der Waals surface area contributed by atoms with Gasteiger partial charge in [0.1, 0.15) is 5.76 Å². The van der Waals surface area contributed by atoms with Crippen LogP contribution >= 0.6 is 0 Å². The number of rotatable bonds is 4. The van der Waals surface area contributed by atoms with E-state index in [0.717, 1.165) is 0 Å². The zero-order valence-corrected chi connectivity index (χ0v) is 12.6. The lowest BCUT2D eigenvalue weighted by Gasteiger charge is -2.02. The first-order valence-corrected chi connectivity index (χ1v) is 7.12. The summed E-state index contributed by atoms with van der Waals surface area (Å²) in [7, 11) is 0. The molecule has 0 unspecified atom stereocenters. The zero-order chi connectivity index (χ0) is 17.1. The van der Waals surface area contributed by atoms with Crippen LogP contribution < -0.4 is 16.1 Å². The van der Waals surface area contributed by atoms with E-state index in [1.807, 2.05) is 0 Å². The van der Waals surface area contributed by atoms with Gasteiger partial charge < -0.3 is 9.52 Å². The maximum absolute atomic E-state index is 12.5. The van der Waals surface area contributed by atoms with E-state index in [1.54, 1.807) is 48.8 Å². The monoisotopic (exact) mass is 322 g/mol. The average Bonchev–Trinajstić information content (AvgIpc) is 3.18. The Morgan fingerprint density at radius 1 is 1.29 bits per heavy atom. The molecule has 3 rings (SSSR count). The van der Waals surface area contributed by atoms with E-state index >= 15 is 0 Å². The number of allylic oxidation sites excluding steroid dienone is 1. The number of carbonyl (C=O) groups is 1. The number of carboxylic acids is 1. The predicted octanol–water partition coefficient (Wildman–Crippen LogP) is 1.36. The van der Waals surface area contributed by atoms with Gasteiger partial charge in [-0.25, -0.2) is 9.48 Å². The number of benzene rings is 1. The van der Waals surface area contributed by atoms with Gasteiger partial charge >= 0.3 is 5.97 Å². The fraction of sp³-hybridized carbons (Fsp3) is 0. The number of aromatic carboxylic acids is 1. The molecule has 6 nitrogen and oxygen atoms in total. The summed E-state index contributed by atoms with van der Waals surface area (Å²) in [4.78, 5) is 23.6. The number of hydrogen-bond donors (Lipinski definition) is 2. The Kier molecular flexibility index (Phi) is 4.03. The molecule has 24 heavy (non-hydrogen) atoms. The van der Waals surface area contributed by atoms with Gasteiger partial charge in [-0.1, -0.05) is 18.7 Å². The maximum atomic E-state index is 12.5. The summed E-state index contributed by atoms with van der Waals surface area (Å²) in [6, 6.07) is 9.67. The topological polar surface area (TPSA) is 88.2 Å². The summed E-state index contributed by atoms with van der Waals surface area (Å²) in [5.74, 6) is -0.388. The van der Waals surface area contributed by atoms with Crippen LogP contribution in [0, 0.1) is 0 Å². The number of nitrogens with zero attached hydrogens (tertiary/aromatic N) is 1. The minimum atomic E-state index is -1.06. The standard InChI is InChI=1S/C18H14N2O4/c1-12-16(9-3-7-15-8-4-10-24-15)17(21)20(19-12)14-6-2-5-13(11-14)18(22)23/h2-11,19H,1H2,(H,22,23)/b7-3?,16-9-. The molecular formula is C18H14N2O4. The molecule has 120 valence electrons. The van der Waals surface area contributed by atoms with Crippen LogP contribution in [0.15, 0.2) is 57.9 Å². The normalized spacial score (nSPS) is 12.1. The molecule has 0 saturated heterocycles. The highest BCUT2D eigenvalue weighted by atomic mass is 16.4. The van der Waals surface area contributed by atoms with Crippen molar-refractivity contribution in [2.24, 2.45) is 0 Å². The largest absolute Gasteiger partial charge is 0.478 e. The molecule has 3 aromatic rings. The van der Waals surface area contributed by atoms with E-state index in [2.05, 4.69) is 11.7 Å². The quantitative estimate of drug-likeness (QED) is 0.759. The molecule has 2 N–H and O–H groups in total. The van der Waals surface area contributed by atoms with Gasteiger partial charge in [-0.3, -0.25) is 9.89 Å². The van der Waals surface area contributed by atoms with Crippen molar-refractivity contribution in [3.05, 3.63) is 81.0 Å². The van der Waals surface area contributed by atoms with Gasteiger partial charge in [0.2, 0.25) is 0 Å². The van der Waals surface area contributed by atoms with Crippen LogP contribution in [0.2, 0.25) is 0 Å². The van der Waals surface area contributed by atoms with Crippen molar-refractivity contribution in [2.75, 3.05) is 0 Å². The Labute approximate surface area is 136 Å².